The molecule has 3 heterocycles. The van der Waals surface area contributed by atoms with E-state index in [2.05, 4.69) is 99.4 Å². The smallest absolute Gasteiger partial charge is 0.227 e. The number of furan rings is 1. The van der Waals surface area contributed by atoms with Crippen molar-refractivity contribution < 1.29 is 4.42 Å². The summed E-state index contributed by atoms with van der Waals surface area (Å²) in [5, 5.41) is 4.62. The predicted molar refractivity (Wildman–Crippen MR) is 146 cm³/mol. The summed E-state index contributed by atoms with van der Waals surface area (Å²) < 4.78 is 6.23. The van der Waals surface area contributed by atoms with Gasteiger partial charge < -0.3 is 4.42 Å². The summed E-state index contributed by atoms with van der Waals surface area (Å²) >= 11 is 0. The molecule has 0 saturated heterocycles. The lowest BCUT2D eigenvalue weighted by molar-refractivity contribution is 0.591. The van der Waals surface area contributed by atoms with Crippen LogP contribution in [0.4, 0.5) is 0 Å². The van der Waals surface area contributed by atoms with Gasteiger partial charge in [-0.1, -0.05) is 57.2 Å². The van der Waals surface area contributed by atoms with Crippen molar-refractivity contribution in [3.05, 3.63) is 95.8 Å². The number of pyridine rings is 2. The van der Waals surface area contributed by atoms with Crippen LogP contribution in [-0.2, 0) is 5.41 Å². The minimum Gasteiger partial charge on any atom is -0.437 e. The second-order valence-electron chi connectivity index (χ2n) is 10.5. The quantitative estimate of drug-likeness (QED) is 0.261. The van der Waals surface area contributed by atoms with E-state index in [9.17, 15) is 0 Å². The number of fused-ring (bicyclic) bond motifs is 4. The van der Waals surface area contributed by atoms with Gasteiger partial charge in [0.15, 0.2) is 0 Å². The topological polar surface area (TPSA) is 38.9 Å². The number of benzene rings is 3. The highest BCUT2D eigenvalue weighted by atomic mass is 16.3. The summed E-state index contributed by atoms with van der Waals surface area (Å²) in [7, 11) is 0. The predicted octanol–water partition coefficient (Wildman–Crippen LogP) is 8.78. The molecule has 0 fully saturated rings. The van der Waals surface area contributed by atoms with Gasteiger partial charge in [-0.2, -0.15) is 0 Å². The first kappa shape index (κ1) is 21.5. The Morgan fingerprint density at radius 3 is 2.43 bits per heavy atom. The third-order valence-electron chi connectivity index (χ3n) is 6.90. The van der Waals surface area contributed by atoms with Crippen LogP contribution in [0.1, 0.15) is 37.6 Å². The minimum absolute atomic E-state index is 0.132. The van der Waals surface area contributed by atoms with E-state index in [0.717, 1.165) is 38.9 Å². The molecule has 6 aromatic rings. The first-order valence-corrected chi connectivity index (χ1v) is 12.1. The highest BCUT2D eigenvalue weighted by molar-refractivity contribution is 6.08. The van der Waals surface area contributed by atoms with Gasteiger partial charge in [-0.3, -0.25) is 4.98 Å². The molecule has 0 aliphatic carbocycles. The lowest BCUT2D eigenvalue weighted by atomic mass is 9.85. The number of rotatable bonds is 2. The van der Waals surface area contributed by atoms with Crippen LogP contribution in [0.25, 0.3) is 55.2 Å². The fourth-order valence-corrected chi connectivity index (χ4v) is 4.91. The number of hydrogen-bond donors (Lipinski definition) is 0. The van der Waals surface area contributed by atoms with Crippen LogP contribution in [0, 0.1) is 13.8 Å². The van der Waals surface area contributed by atoms with E-state index in [1.54, 1.807) is 0 Å². The number of hydrogen-bond acceptors (Lipinski definition) is 3. The van der Waals surface area contributed by atoms with Gasteiger partial charge in [-0.05, 0) is 88.7 Å². The van der Waals surface area contributed by atoms with Crippen molar-refractivity contribution in [2.24, 2.45) is 0 Å². The maximum absolute atomic E-state index is 6.23. The average molecular weight is 457 g/mol. The Morgan fingerprint density at radius 1 is 0.743 bits per heavy atom. The second kappa shape index (κ2) is 7.78. The van der Waals surface area contributed by atoms with E-state index in [0.29, 0.717) is 5.71 Å². The summed E-state index contributed by atoms with van der Waals surface area (Å²) in [6, 6.07) is 26.0. The second-order valence-corrected chi connectivity index (χ2v) is 10.5. The van der Waals surface area contributed by atoms with E-state index >= 15 is 0 Å². The standard InChI is InChI=1S/C32H28N2O/c1-19-15-23-16-24(32(3,4)5)11-10-21(23)17-28(19)22-13-14-33-29(18-22)27-8-6-7-25-26-12-9-20(2)34-31(26)35-30(25)27/h6-18H,1-5H3. The highest BCUT2D eigenvalue weighted by Crippen LogP contribution is 2.37. The molecule has 0 aliphatic heterocycles. The SMILES string of the molecule is Cc1ccc2c(n1)oc1c(-c3cc(-c4cc5ccc(C(C)(C)C)cc5cc4C)ccn3)cccc12. The summed E-state index contributed by atoms with van der Waals surface area (Å²) in [6.07, 6.45) is 1.89. The molecule has 0 N–H and O–H groups in total. The molecule has 3 nitrogen and oxygen atoms in total. The first-order chi connectivity index (χ1) is 16.8. The Morgan fingerprint density at radius 2 is 1.60 bits per heavy atom. The summed E-state index contributed by atoms with van der Waals surface area (Å²) in [4.78, 5) is 9.31. The van der Waals surface area contributed by atoms with Gasteiger partial charge >= 0.3 is 0 Å². The third-order valence-corrected chi connectivity index (χ3v) is 6.90. The van der Waals surface area contributed by atoms with Crippen molar-refractivity contribution in [1.29, 1.82) is 0 Å². The monoisotopic (exact) mass is 456 g/mol. The zero-order valence-corrected chi connectivity index (χ0v) is 20.8. The van der Waals surface area contributed by atoms with E-state index < -0.39 is 0 Å². The molecule has 35 heavy (non-hydrogen) atoms. The van der Waals surface area contributed by atoms with E-state index in [1.165, 1.54) is 27.5 Å². The maximum atomic E-state index is 6.23. The zero-order chi connectivity index (χ0) is 24.3. The van der Waals surface area contributed by atoms with Crippen LogP contribution < -0.4 is 0 Å². The van der Waals surface area contributed by atoms with Crippen LogP contribution in [0.2, 0.25) is 0 Å². The number of aryl methyl sites for hydroxylation is 2. The molecule has 0 bridgehead atoms. The molecule has 0 unspecified atom stereocenters. The molecule has 6 rings (SSSR count). The fraction of sp³-hybridized carbons (Fsp3) is 0.188. The lowest BCUT2D eigenvalue weighted by Gasteiger charge is -2.20. The van der Waals surface area contributed by atoms with Gasteiger partial charge in [0.1, 0.15) is 5.58 Å². The third kappa shape index (κ3) is 3.68. The van der Waals surface area contributed by atoms with Gasteiger partial charge in [0.2, 0.25) is 5.71 Å². The van der Waals surface area contributed by atoms with Crippen LogP contribution in [0.5, 0.6) is 0 Å². The molecular formula is C32H28N2O. The van der Waals surface area contributed by atoms with E-state index in [1.807, 2.05) is 19.2 Å². The Bertz CT molecular complexity index is 1750. The Kier molecular flexibility index (Phi) is 4.79. The molecule has 172 valence electrons. The Labute approximate surface area is 205 Å². The first-order valence-electron chi connectivity index (χ1n) is 12.1. The van der Waals surface area contributed by atoms with Crippen molar-refractivity contribution >= 4 is 32.8 Å². The van der Waals surface area contributed by atoms with Crippen molar-refractivity contribution in [2.45, 2.75) is 40.0 Å². The van der Waals surface area contributed by atoms with E-state index in [4.69, 9.17) is 9.40 Å². The number of aromatic nitrogens is 2. The zero-order valence-electron chi connectivity index (χ0n) is 20.8. The molecule has 3 heteroatoms. The Hall–Kier alpha value is -3.98. The van der Waals surface area contributed by atoms with Crippen molar-refractivity contribution in [3.8, 4) is 22.4 Å². The molecule has 0 spiro atoms. The molecule has 0 saturated carbocycles. The van der Waals surface area contributed by atoms with Gasteiger partial charge in [0, 0.05) is 28.2 Å². The Balaban J connectivity index is 1.49. The molecule has 0 atom stereocenters. The van der Waals surface area contributed by atoms with Crippen molar-refractivity contribution in [1.82, 2.24) is 9.97 Å². The van der Waals surface area contributed by atoms with Gasteiger partial charge in [-0.25, -0.2) is 4.98 Å². The summed E-state index contributed by atoms with van der Waals surface area (Å²) in [6.45, 7) is 10.9. The fourth-order valence-electron chi connectivity index (χ4n) is 4.91. The van der Waals surface area contributed by atoms with Crippen molar-refractivity contribution in [2.75, 3.05) is 0 Å². The number of para-hydroxylation sites is 1. The van der Waals surface area contributed by atoms with Crippen LogP contribution in [-0.4, -0.2) is 9.97 Å². The van der Waals surface area contributed by atoms with E-state index in [-0.39, 0.29) is 5.41 Å². The van der Waals surface area contributed by atoms with Gasteiger partial charge in [0.25, 0.3) is 0 Å². The van der Waals surface area contributed by atoms with Crippen LogP contribution >= 0.6 is 0 Å². The number of nitrogens with zero attached hydrogens (tertiary/aromatic N) is 2. The van der Waals surface area contributed by atoms with Crippen LogP contribution in [0.3, 0.4) is 0 Å². The molecule has 3 aromatic heterocycles. The van der Waals surface area contributed by atoms with Gasteiger partial charge in [-0.15, -0.1) is 0 Å². The molecule has 3 aromatic carbocycles. The average Bonchev–Trinajstić information content (AvgIpc) is 3.20. The maximum Gasteiger partial charge on any atom is 0.227 e. The van der Waals surface area contributed by atoms with Crippen molar-refractivity contribution in [3.63, 3.8) is 0 Å². The largest absolute Gasteiger partial charge is 0.437 e. The highest BCUT2D eigenvalue weighted by Gasteiger charge is 2.16. The lowest BCUT2D eigenvalue weighted by Crippen LogP contribution is -2.10. The summed E-state index contributed by atoms with van der Waals surface area (Å²) in [5.74, 6) is 0. The molecule has 0 aliphatic rings. The van der Waals surface area contributed by atoms with Crippen LogP contribution in [0.15, 0.2) is 83.4 Å². The minimum atomic E-state index is 0.132. The normalized spacial score (nSPS) is 12.1. The summed E-state index contributed by atoms with van der Waals surface area (Å²) in [5.41, 5.74) is 9.43. The van der Waals surface area contributed by atoms with Gasteiger partial charge in [0.05, 0.1) is 5.69 Å². The molecule has 0 radical (unpaired) electrons. The molecular weight excluding hydrogens is 428 g/mol. The molecule has 0 amide bonds.